The van der Waals surface area contributed by atoms with Crippen LogP contribution in [0.25, 0.3) is 6.08 Å². The average molecular weight is 264 g/mol. The minimum atomic E-state index is -0.0442. The van der Waals surface area contributed by atoms with Crippen LogP contribution in [-0.2, 0) is 4.79 Å². The van der Waals surface area contributed by atoms with Gasteiger partial charge in [0.25, 0.3) is 0 Å². The van der Waals surface area contributed by atoms with Gasteiger partial charge in [0.1, 0.15) is 5.78 Å². The molecule has 0 saturated heterocycles. The zero-order valence-electron chi connectivity index (χ0n) is 12.0. The summed E-state index contributed by atoms with van der Waals surface area (Å²) in [6.07, 6.45) is 4.92. The van der Waals surface area contributed by atoms with Crippen LogP contribution < -0.4 is 0 Å². The summed E-state index contributed by atoms with van der Waals surface area (Å²) < 4.78 is 0. The maximum absolute atomic E-state index is 11.8. The van der Waals surface area contributed by atoms with Gasteiger partial charge in [-0.3, -0.25) is 4.79 Å². The van der Waals surface area contributed by atoms with Crippen LogP contribution in [-0.4, -0.2) is 5.78 Å². The van der Waals surface area contributed by atoms with Gasteiger partial charge in [0, 0.05) is 5.92 Å². The van der Waals surface area contributed by atoms with Crippen LogP contribution in [0.4, 0.5) is 0 Å². The summed E-state index contributed by atoms with van der Waals surface area (Å²) in [4.78, 5) is 11.8. The molecule has 0 N–H and O–H groups in total. The normalized spacial score (nSPS) is 12.5. The van der Waals surface area contributed by atoms with Crippen molar-refractivity contribution >= 4 is 11.9 Å². The van der Waals surface area contributed by atoms with E-state index < -0.39 is 0 Å². The number of hydrogen-bond acceptors (Lipinski definition) is 1. The summed E-state index contributed by atoms with van der Waals surface area (Å²) in [5.74, 6) is 0.169. The number of carbonyl (C=O) groups is 1. The van der Waals surface area contributed by atoms with Crippen molar-refractivity contribution in [2.45, 2.75) is 26.2 Å². The smallest absolute Gasteiger partial charge is 0.137 e. The Labute approximate surface area is 121 Å². The second-order valence-electron chi connectivity index (χ2n) is 5.13. The SMILES string of the molecule is CC(=O)C(CC=Cc1cccc(C)c1)c1ccccc1. The van der Waals surface area contributed by atoms with Gasteiger partial charge in [-0.05, 0) is 31.4 Å². The van der Waals surface area contributed by atoms with E-state index in [0.717, 1.165) is 12.0 Å². The predicted octanol–water partition coefficient (Wildman–Crippen LogP) is 4.77. The number of hydrogen-bond donors (Lipinski definition) is 0. The largest absolute Gasteiger partial charge is 0.299 e. The lowest BCUT2D eigenvalue weighted by Gasteiger charge is -2.11. The molecule has 0 aliphatic heterocycles. The zero-order chi connectivity index (χ0) is 14.4. The molecule has 1 unspecified atom stereocenters. The number of allylic oxidation sites excluding steroid dienone is 1. The molecule has 2 aromatic carbocycles. The van der Waals surface area contributed by atoms with Crippen LogP contribution >= 0.6 is 0 Å². The molecule has 0 amide bonds. The van der Waals surface area contributed by atoms with Crippen molar-refractivity contribution in [3.05, 3.63) is 77.4 Å². The number of carbonyl (C=O) groups excluding carboxylic acids is 1. The van der Waals surface area contributed by atoms with Crippen molar-refractivity contribution in [2.24, 2.45) is 0 Å². The molecule has 0 radical (unpaired) electrons. The Morgan fingerprint density at radius 1 is 1.10 bits per heavy atom. The van der Waals surface area contributed by atoms with Crippen LogP contribution in [0.1, 0.15) is 36.0 Å². The van der Waals surface area contributed by atoms with E-state index in [0.29, 0.717) is 0 Å². The standard InChI is InChI=1S/C19H20O/c1-15-8-6-9-17(14-15)10-7-13-19(16(2)20)18-11-4-3-5-12-18/h3-12,14,19H,13H2,1-2H3. The lowest BCUT2D eigenvalue weighted by atomic mass is 9.92. The summed E-state index contributed by atoms with van der Waals surface area (Å²) in [5.41, 5.74) is 3.52. The Balaban J connectivity index is 2.09. The summed E-state index contributed by atoms with van der Waals surface area (Å²) in [6, 6.07) is 18.3. The maximum Gasteiger partial charge on any atom is 0.137 e. The third-order valence-electron chi connectivity index (χ3n) is 3.42. The van der Waals surface area contributed by atoms with Gasteiger partial charge < -0.3 is 0 Å². The molecule has 1 atom stereocenters. The summed E-state index contributed by atoms with van der Waals surface area (Å²) in [7, 11) is 0. The Morgan fingerprint density at radius 2 is 1.85 bits per heavy atom. The Kier molecular flexibility index (Phi) is 4.89. The first-order valence-electron chi connectivity index (χ1n) is 6.95. The Hall–Kier alpha value is -2.15. The van der Waals surface area contributed by atoms with Gasteiger partial charge in [-0.25, -0.2) is 0 Å². The molecule has 2 aromatic rings. The van der Waals surface area contributed by atoms with Crippen molar-refractivity contribution in [3.8, 4) is 0 Å². The first-order valence-corrected chi connectivity index (χ1v) is 6.95. The molecule has 1 heteroatoms. The molecule has 0 bridgehead atoms. The summed E-state index contributed by atoms with van der Waals surface area (Å²) in [5, 5.41) is 0. The third-order valence-corrected chi connectivity index (χ3v) is 3.42. The predicted molar refractivity (Wildman–Crippen MR) is 84.7 cm³/mol. The molecule has 0 aliphatic rings. The lowest BCUT2D eigenvalue weighted by Crippen LogP contribution is -2.07. The molecule has 20 heavy (non-hydrogen) atoms. The average Bonchev–Trinajstić information content (AvgIpc) is 2.44. The number of aryl methyl sites for hydroxylation is 1. The van der Waals surface area contributed by atoms with Gasteiger partial charge in [-0.1, -0.05) is 72.3 Å². The van der Waals surface area contributed by atoms with Crippen molar-refractivity contribution < 1.29 is 4.79 Å². The maximum atomic E-state index is 11.8. The molecular formula is C19H20O. The van der Waals surface area contributed by atoms with E-state index in [1.54, 1.807) is 6.92 Å². The zero-order valence-corrected chi connectivity index (χ0v) is 12.0. The van der Waals surface area contributed by atoms with Gasteiger partial charge >= 0.3 is 0 Å². The Bertz CT molecular complexity index is 596. The third kappa shape index (κ3) is 3.92. The topological polar surface area (TPSA) is 17.1 Å². The molecule has 0 aliphatic carbocycles. The minimum Gasteiger partial charge on any atom is -0.299 e. The molecule has 102 valence electrons. The molecular weight excluding hydrogens is 244 g/mol. The fourth-order valence-electron chi connectivity index (χ4n) is 2.34. The van der Waals surface area contributed by atoms with Crippen LogP contribution in [0.3, 0.4) is 0 Å². The molecule has 0 aromatic heterocycles. The summed E-state index contributed by atoms with van der Waals surface area (Å²) in [6.45, 7) is 3.75. The lowest BCUT2D eigenvalue weighted by molar-refractivity contribution is -0.118. The number of rotatable bonds is 5. The number of ketones is 1. The van der Waals surface area contributed by atoms with Crippen molar-refractivity contribution in [1.29, 1.82) is 0 Å². The second kappa shape index (κ2) is 6.85. The molecule has 0 saturated carbocycles. The van der Waals surface area contributed by atoms with Crippen molar-refractivity contribution in [3.63, 3.8) is 0 Å². The Morgan fingerprint density at radius 3 is 2.50 bits per heavy atom. The van der Waals surface area contributed by atoms with Gasteiger partial charge in [0.15, 0.2) is 0 Å². The molecule has 2 rings (SSSR count). The van der Waals surface area contributed by atoms with Crippen LogP contribution in [0.15, 0.2) is 60.7 Å². The van der Waals surface area contributed by atoms with E-state index >= 15 is 0 Å². The van der Waals surface area contributed by atoms with Crippen molar-refractivity contribution in [1.82, 2.24) is 0 Å². The van der Waals surface area contributed by atoms with Gasteiger partial charge in [-0.2, -0.15) is 0 Å². The van der Waals surface area contributed by atoms with E-state index in [-0.39, 0.29) is 11.7 Å². The quantitative estimate of drug-likeness (QED) is 0.760. The fourth-order valence-corrected chi connectivity index (χ4v) is 2.34. The molecule has 0 spiro atoms. The molecule has 1 nitrogen and oxygen atoms in total. The van der Waals surface area contributed by atoms with Crippen molar-refractivity contribution in [2.75, 3.05) is 0 Å². The van der Waals surface area contributed by atoms with E-state index in [4.69, 9.17) is 0 Å². The molecule has 0 fully saturated rings. The summed E-state index contributed by atoms with van der Waals surface area (Å²) >= 11 is 0. The first-order chi connectivity index (χ1) is 9.66. The molecule has 0 heterocycles. The highest BCUT2D eigenvalue weighted by Crippen LogP contribution is 2.21. The highest BCUT2D eigenvalue weighted by molar-refractivity contribution is 5.83. The van der Waals surface area contributed by atoms with E-state index in [9.17, 15) is 4.79 Å². The monoisotopic (exact) mass is 264 g/mol. The van der Waals surface area contributed by atoms with E-state index in [2.05, 4.69) is 43.3 Å². The van der Waals surface area contributed by atoms with Crippen LogP contribution in [0.2, 0.25) is 0 Å². The minimum absolute atomic E-state index is 0.0442. The highest BCUT2D eigenvalue weighted by Gasteiger charge is 2.14. The first kappa shape index (κ1) is 14.3. The fraction of sp³-hybridized carbons (Fsp3) is 0.211. The van der Waals surface area contributed by atoms with Gasteiger partial charge in [0.2, 0.25) is 0 Å². The van der Waals surface area contributed by atoms with E-state index in [1.807, 2.05) is 30.3 Å². The highest BCUT2D eigenvalue weighted by atomic mass is 16.1. The van der Waals surface area contributed by atoms with Crippen LogP contribution in [0, 0.1) is 6.92 Å². The van der Waals surface area contributed by atoms with Crippen LogP contribution in [0.5, 0.6) is 0 Å². The van der Waals surface area contributed by atoms with E-state index in [1.165, 1.54) is 11.1 Å². The number of benzene rings is 2. The number of Topliss-reactive ketones (excluding diaryl/α,β-unsaturated/α-hetero) is 1. The van der Waals surface area contributed by atoms with Gasteiger partial charge in [0.05, 0.1) is 0 Å². The van der Waals surface area contributed by atoms with Gasteiger partial charge in [-0.15, -0.1) is 0 Å². The second-order valence-corrected chi connectivity index (χ2v) is 5.13.